The quantitative estimate of drug-likeness (QED) is 0.587. The van der Waals surface area contributed by atoms with Gasteiger partial charge in [-0.25, -0.2) is 4.39 Å². The standard InChI is InChI=1S/C10H19F/c1-4-6-9(2,3)10(11)7-5-8-10/h4-8H2,1-3H3. The predicted octanol–water partition coefficient (Wildman–Crippen LogP) is 3.70. The minimum atomic E-state index is -0.830. The lowest BCUT2D eigenvalue weighted by Gasteiger charge is -2.46. The first-order chi connectivity index (χ1) is 5.02. The van der Waals surface area contributed by atoms with Crippen LogP contribution < -0.4 is 0 Å². The maximum absolute atomic E-state index is 13.9. The summed E-state index contributed by atoms with van der Waals surface area (Å²) in [4.78, 5) is 0. The van der Waals surface area contributed by atoms with Crippen LogP contribution in [0.15, 0.2) is 0 Å². The molecule has 0 bridgehead atoms. The molecule has 1 heteroatoms. The molecule has 0 aliphatic heterocycles. The minimum absolute atomic E-state index is 0.0833. The van der Waals surface area contributed by atoms with Crippen LogP contribution in [-0.2, 0) is 0 Å². The first kappa shape index (κ1) is 9.02. The van der Waals surface area contributed by atoms with Crippen LogP contribution in [0.25, 0.3) is 0 Å². The molecule has 1 saturated carbocycles. The molecule has 0 aromatic rings. The molecule has 0 spiro atoms. The highest BCUT2D eigenvalue weighted by Gasteiger charge is 2.49. The Morgan fingerprint density at radius 2 is 1.91 bits per heavy atom. The molecule has 0 heterocycles. The van der Waals surface area contributed by atoms with E-state index in [1.807, 2.05) is 0 Å². The van der Waals surface area contributed by atoms with Crippen molar-refractivity contribution in [3.05, 3.63) is 0 Å². The molecule has 0 atom stereocenters. The second-order valence-electron chi connectivity index (χ2n) is 4.45. The van der Waals surface area contributed by atoms with Crippen LogP contribution in [0.4, 0.5) is 4.39 Å². The Labute approximate surface area is 69.2 Å². The van der Waals surface area contributed by atoms with E-state index in [9.17, 15) is 4.39 Å². The lowest BCUT2D eigenvalue weighted by Crippen LogP contribution is -2.46. The van der Waals surface area contributed by atoms with Crippen LogP contribution in [0.3, 0.4) is 0 Å². The molecule has 11 heavy (non-hydrogen) atoms. The van der Waals surface area contributed by atoms with E-state index in [2.05, 4.69) is 20.8 Å². The Morgan fingerprint density at radius 1 is 1.36 bits per heavy atom. The molecule has 1 rings (SSSR count). The summed E-state index contributed by atoms with van der Waals surface area (Å²) in [7, 11) is 0. The second kappa shape index (κ2) is 2.76. The van der Waals surface area contributed by atoms with Crippen molar-refractivity contribution in [1.82, 2.24) is 0 Å². The van der Waals surface area contributed by atoms with Gasteiger partial charge in [-0.3, -0.25) is 0 Å². The van der Waals surface area contributed by atoms with Crippen molar-refractivity contribution in [2.75, 3.05) is 0 Å². The van der Waals surface area contributed by atoms with Gasteiger partial charge >= 0.3 is 0 Å². The van der Waals surface area contributed by atoms with E-state index in [1.165, 1.54) is 0 Å². The predicted molar refractivity (Wildman–Crippen MR) is 46.4 cm³/mol. The third kappa shape index (κ3) is 1.43. The molecule has 66 valence electrons. The van der Waals surface area contributed by atoms with Gasteiger partial charge in [0, 0.05) is 0 Å². The first-order valence-electron chi connectivity index (χ1n) is 4.71. The normalized spacial score (nSPS) is 22.9. The highest BCUT2D eigenvalue weighted by molar-refractivity contribution is 4.99. The molecule has 0 aromatic carbocycles. The van der Waals surface area contributed by atoms with Gasteiger partial charge in [0.25, 0.3) is 0 Å². The fourth-order valence-electron chi connectivity index (χ4n) is 2.01. The van der Waals surface area contributed by atoms with Crippen LogP contribution in [0.2, 0.25) is 0 Å². The molecule has 1 aliphatic rings. The number of hydrogen-bond acceptors (Lipinski definition) is 0. The summed E-state index contributed by atoms with van der Waals surface area (Å²) in [5.41, 5.74) is -0.914. The Morgan fingerprint density at radius 3 is 2.18 bits per heavy atom. The van der Waals surface area contributed by atoms with Gasteiger partial charge in [-0.05, 0) is 31.1 Å². The van der Waals surface area contributed by atoms with Crippen molar-refractivity contribution in [3.8, 4) is 0 Å². The van der Waals surface area contributed by atoms with Gasteiger partial charge in [-0.2, -0.15) is 0 Å². The zero-order chi connectivity index (χ0) is 8.54. The highest BCUT2D eigenvalue weighted by Crippen LogP contribution is 2.51. The maximum atomic E-state index is 13.9. The van der Waals surface area contributed by atoms with Crippen molar-refractivity contribution in [2.24, 2.45) is 5.41 Å². The van der Waals surface area contributed by atoms with E-state index in [4.69, 9.17) is 0 Å². The van der Waals surface area contributed by atoms with Gasteiger partial charge < -0.3 is 0 Å². The van der Waals surface area contributed by atoms with Crippen LogP contribution >= 0.6 is 0 Å². The second-order valence-corrected chi connectivity index (χ2v) is 4.45. The van der Waals surface area contributed by atoms with Gasteiger partial charge in [0.2, 0.25) is 0 Å². The fourth-order valence-corrected chi connectivity index (χ4v) is 2.01. The number of hydrogen-bond donors (Lipinski definition) is 0. The summed E-state index contributed by atoms with van der Waals surface area (Å²) in [6.45, 7) is 6.26. The minimum Gasteiger partial charge on any atom is -0.243 e. The van der Waals surface area contributed by atoms with Crippen molar-refractivity contribution in [1.29, 1.82) is 0 Å². The number of halogens is 1. The molecule has 0 saturated heterocycles. The van der Waals surface area contributed by atoms with Crippen molar-refractivity contribution >= 4 is 0 Å². The summed E-state index contributed by atoms with van der Waals surface area (Å²) in [6.07, 6.45) is 4.78. The van der Waals surface area contributed by atoms with E-state index in [0.717, 1.165) is 32.1 Å². The molecule has 0 radical (unpaired) electrons. The topological polar surface area (TPSA) is 0 Å². The Bertz CT molecular complexity index is 134. The average Bonchev–Trinajstić information content (AvgIpc) is 1.82. The highest BCUT2D eigenvalue weighted by atomic mass is 19.1. The van der Waals surface area contributed by atoms with E-state index in [-0.39, 0.29) is 5.41 Å². The lowest BCUT2D eigenvalue weighted by molar-refractivity contribution is -0.0573. The first-order valence-corrected chi connectivity index (χ1v) is 4.71. The largest absolute Gasteiger partial charge is 0.243 e. The fraction of sp³-hybridized carbons (Fsp3) is 1.00. The third-order valence-electron chi connectivity index (χ3n) is 3.23. The van der Waals surface area contributed by atoms with Gasteiger partial charge in [0.05, 0.1) is 0 Å². The molecule has 0 N–H and O–H groups in total. The molecule has 1 aliphatic carbocycles. The Hall–Kier alpha value is -0.0700. The monoisotopic (exact) mass is 158 g/mol. The van der Waals surface area contributed by atoms with Crippen molar-refractivity contribution < 1.29 is 4.39 Å². The number of alkyl halides is 1. The van der Waals surface area contributed by atoms with E-state index < -0.39 is 5.67 Å². The third-order valence-corrected chi connectivity index (χ3v) is 3.23. The zero-order valence-corrected chi connectivity index (χ0v) is 7.91. The van der Waals surface area contributed by atoms with Crippen molar-refractivity contribution in [2.45, 2.75) is 58.5 Å². The Balaban J connectivity index is 2.55. The van der Waals surface area contributed by atoms with Crippen LogP contribution in [0.5, 0.6) is 0 Å². The molecule has 0 amide bonds. The van der Waals surface area contributed by atoms with Gasteiger partial charge in [-0.1, -0.05) is 27.2 Å². The van der Waals surface area contributed by atoms with Gasteiger partial charge in [0.1, 0.15) is 5.67 Å². The van der Waals surface area contributed by atoms with E-state index in [0.29, 0.717) is 0 Å². The van der Waals surface area contributed by atoms with Gasteiger partial charge in [-0.15, -0.1) is 0 Å². The molecule has 0 aromatic heterocycles. The van der Waals surface area contributed by atoms with Gasteiger partial charge in [0.15, 0.2) is 0 Å². The van der Waals surface area contributed by atoms with Crippen LogP contribution in [0.1, 0.15) is 52.9 Å². The zero-order valence-electron chi connectivity index (χ0n) is 7.91. The molecule has 1 fully saturated rings. The van der Waals surface area contributed by atoms with E-state index >= 15 is 0 Å². The van der Waals surface area contributed by atoms with E-state index in [1.54, 1.807) is 0 Å². The smallest absolute Gasteiger partial charge is 0.116 e. The molecular weight excluding hydrogens is 139 g/mol. The molecular formula is C10H19F. The number of rotatable bonds is 3. The van der Waals surface area contributed by atoms with Crippen molar-refractivity contribution in [3.63, 3.8) is 0 Å². The molecule has 0 unspecified atom stereocenters. The maximum Gasteiger partial charge on any atom is 0.116 e. The average molecular weight is 158 g/mol. The summed E-state index contributed by atoms with van der Waals surface area (Å²) >= 11 is 0. The summed E-state index contributed by atoms with van der Waals surface area (Å²) in [5.74, 6) is 0. The molecule has 0 nitrogen and oxygen atoms in total. The van der Waals surface area contributed by atoms with Crippen LogP contribution in [0, 0.1) is 5.41 Å². The lowest BCUT2D eigenvalue weighted by atomic mass is 9.63. The SMILES string of the molecule is CCCC(C)(C)C1(F)CCC1. The Kier molecular flexibility index (Phi) is 2.27. The van der Waals surface area contributed by atoms with Crippen LogP contribution in [-0.4, -0.2) is 5.67 Å². The summed E-state index contributed by atoms with van der Waals surface area (Å²) < 4.78 is 13.9. The summed E-state index contributed by atoms with van der Waals surface area (Å²) in [6, 6.07) is 0. The summed E-state index contributed by atoms with van der Waals surface area (Å²) in [5, 5.41) is 0.